The molecule has 3 saturated heterocycles. The van der Waals surface area contributed by atoms with Crippen molar-refractivity contribution < 1.29 is 58.4 Å². The summed E-state index contributed by atoms with van der Waals surface area (Å²) in [6.45, 7) is 22.5. The number of rotatable bonds is 9. The number of nitrogens with zero attached hydrogens (tertiary/aromatic N) is 4. The Labute approximate surface area is 383 Å². The summed E-state index contributed by atoms with van der Waals surface area (Å²) in [6.07, 6.45) is -0.259. The minimum absolute atomic E-state index is 0.0296. The Kier molecular flexibility index (Phi) is 19.3. The number of aliphatic hydroxyl groups excluding tert-OH is 2. The molecule has 4 aliphatic rings. The van der Waals surface area contributed by atoms with Crippen molar-refractivity contribution in [2.45, 2.75) is 198 Å². The molecule has 0 saturated carbocycles. The number of methoxy groups -OCH3 is 2. The van der Waals surface area contributed by atoms with Crippen molar-refractivity contribution in [3.8, 4) is 0 Å². The highest BCUT2D eigenvalue weighted by atomic mass is 16.7. The van der Waals surface area contributed by atoms with Crippen LogP contribution < -0.4 is 0 Å². The first kappa shape index (κ1) is 54.4. The van der Waals surface area contributed by atoms with E-state index in [1.165, 1.54) is 6.92 Å². The zero-order valence-corrected chi connectivity index (χ0v) is 41.9. The molecule has 64 heavy (non-hydrogen) atoms. The first-order chi connectivity index (χ1) is 29.8. The number of hydrogen-bond donors (Lipinski definition) is 4. The number of aliphatic hydroxyl groups is 4. The Morgan fingerprint density at radius 1 is 0.969 bits per heavy atom. The number of carbonyl (C=O) groups is 1. The molecular formula is C48H86N4O12. The first-order valence-electron chi connectivity index (χ1n) is 23.6. The number of aliphatic imine (C=N–C) groups is 1. The molecule has 4 N–H and O–H groups in total. The van der Waals surface area contributed by atoms with Crippen LogP contribution in [0.3, 0.4) is 0 Å². The van der Waals surface area contributed by atoms with E-state index in [4.69, 9.17) is 38.2 Å². The quantitative estimate of drug-likeness (QED) is 0.259. The molecule has 0 spiro atoms. The van der Waals surface area contributed by atoms with Crippen LogP contribution in [0.1, 0.15) is 114 Å². The standard InChI is InChI=1S/C40H70N4O9.C8H16O3/c1-14-32-40(9,48)35(45)27(6)43(11)21-23(2)20-39(8,47)36(25(4)34(49-13)26(5)38(46)52-32)53-33-19-29(18-24(3)50-33)44(12)22-30-28(7)51-37(41-30)31-16-15-17-42(31)10;1-6-7(9)8(2,10-3)4-5-11-6/h15-17,23-30,32-36,45,47-48H,14,18-22H2,1-13H3;6-7,9H,4-5H2,1-3H3/t23-,24-,25+,26-,27-,28?,29+,30?,32-,33+,34+,35-,36-,39-,40-;6-,7-,8+/m10/s1. The summed E-state index contributed by atoms with van der Waals surface area (Å²) >= 11 is 0. The molecule has 18 atom stereocenters. The van der Waals surface area contributed by atoms with Crippen molar-refractivity contribution >= 4 is 11.9 Å². The largest absolute Gasteiger partial charge is 0.471 e. The summed E-state index contributed by atoms with van der Waals surface area (Å²) < 4.78 is 44.0. The van der Waals surface area contributed by atoms with Gasteiger partial charge in [0.2, 0.25) is 5.90 Å². The van der Waals surface area contributed by atoms with Gasteiger partial charge < -0.3 is 68.0 Å². The number of likely N-dealkylation sites (N-methyl/N-ethyl adjacent to an activating group) is 2. The summed E-state index contributed by atoms with van der Waals surface area (Å²) in [6, 6.07) is 3.62. The maximum absolute atomic E-state index is 13.8. The summed E-state index contributed by atoms with van der Waals surface area (Å²) in [5.74, 6) is -1.17. The summed E-state index contributed by atoms with van der Waals surface area (Å²) in [5, 5.41) is 45.0. The van der Waals surface area contributed by atoms with E-state index >= 15 is 0 Å². The lowest BCUT2D eigenvalue weighted by molar-refractivity contribution is -0.268. The number of hydrogen-bond acceptors (Lipinski definition) is 15. The molecule has 5 heterocycles. The van der Waals surface area contributed by atoms with Gasteiger partial charge in [-0.3, -0.25) is 4.79 Å². The minimum Gasteiger partial charge on any atom is -0.471 e. The fourth-order valence-electron chi connectivity index (χ4n) is 10.4. The highest BCUT2D eigenvalue weighted by Crippen LogP contribution is 2.38. The predicted octanol–water partition coefficient (Wildman–Crippen LogP) is 4.16. The van der Waals surface area contributed by atoms with E-state index < -0.39 is 77.5 Å². The zero-order valence-electron chi connectivity index (χ0n) is 41.9. The number of ether oxygens (including phenoxy) is 7. The van der Waals surface area contributed by atoms with Crippen molar-refractivity contribution in [1.29, 1.82) is 0 Å². The second kappa shape index (κ2) is 22.7. The molecule has 3 fully saturated rings. The average molecular weight is 911 g/mol. The van der Waals surface area contributed by atoms with E-state index in [0.29, 0.717) is 44.9 Å². The van der Waals surface area contributed by atoms with Gasteiger partial charge in [0, 0.05) is 78.0 Å². The monoisotopic (exact) mass is 911 g/mol. The van der Waals surface area contributed by atoms with Crippen molar-refractivity contribution in [3.05, 3.63) is 24.0 Å². The number of aromatic nitrogens is 1. The Morgan fingerprint density at radius 2 is 1.64 bits per heavy atom. The lowest BCUT2D eigenvalue weighted by Gasteiger charge is -2.46. The van der Waals surface area contributed by atoms with Crippen LogP contribution >= 0.6 is 0 Å². The lowest BCUT2D eigenvalue weighted by Crippen LogP contribution is -2.59. The van der Waals surface area contributed by atoms with Gasteiger partial charge in [0.15, 0.2) is 6.29 Å². The Morgan fingerprint density at radius 3 is 2.22 bits per heavy atom. The molecule has 5 rings (SSSR count). The van der Waals surface area contributed by atoms with E-state index in [0.717, 1.165) is 18.5 Å². The minimum atomic E-state index is -1.70. The van der Waals surface area contributed by atoms with Crippen LogP contribution in [0.5, 0.6) is 0 Å². The van der Waals surface area contributed by atoms with Crippen LogP contribution in [0, 0.1) is 17.8 Å². The van der Waals surface area contributed by atoms with Crippen molar-refractivity contribution in [2.75, 3.05) is 48.0 Å². The predicted molar refractivity (Wildman–Crippen MR) is 245 cm³/mol. The first-order valence-corrected chi connectivity index (χ1v) is 23.6. The van der Waals surface area contributed by atoms with Crippen LogP contribution in [0.2, 0.25) is 0 Å². The van der Waals surface area contributed by atoms with Crippen molar-refractivity contribution in [1.82, 2.24) is 14.4 Å². The zero-order chi connectivity index (χ0) is 48.1. The van der Waals surface area contributed by atoms with E-state index in [2.05, 4.69) is 25.8 Å². The molecule has 4 aliphatic heterocycles. The summed E-state index contributed by atoms with van der Waals surface area (Å²) in [5.41, 5.74) is -2.52. The van der Waals surface area contributed by atoms with E-state index in [1.807, 2.05) is 83.4 Å². The van der Waals surface area contributed by atoms with Gasteiger partial charge in [0.1, 0.15) is 41.8 Å². The molecule has 370 valence electrons. The van der Waals surface area contributed by atoms with Crippen LogP contribution in [-0.2, 0) is 45.0 Å². The molecule has 0 aromatic carbocycles. The molecule has 1 aromatic heterocycles. The molecule has 0 bridgehead atoms. The van der Waals surface area contributed by atoms with Crippen LogP contribution in [-0.4, -0.2) is 185 Å². The second-order valence-electron chi connectivity index (χ2n) is 20.3. The Balaban J connectivity index is 0.000000710. The van der Waals surface area contributed by atoms with Crippen molar-refractivity contribution in [2.24, 2.45) is 29.8 Å². The molecular weight excluding hydrogens is 825 g/mol. The molecule has 2 unspecified atom stereocenters. The normalized spacial score (nSPS) is 43.3. The van der Waals surface area contributed by atoms with E-state index in [1.54, 1.807) is 28.1 Å². The molecule has 0 radical (unpaired) electrons. The maximum atomic E-state index is 13.8. The SMILES string of the molecule is CC[C@H]1OC(=O)[C@H](C)[C@@H](OC)[C@H](C)[C@@H](O[C@H]2C[C@@H](N(C)CC3N=C(c4cccn4C)OC3C)C[C@@H](C)O2)[C@](C)(O)C[C@@H](C)CN(C)[C@H](C)[C@@H](O)[C@]1(C)O.CO[C@]1(C)CCO[C@@H](C)[C@@H]1O. The van der Waals surface area contributed by atoms with Crippen LogP contribution in [0.25, 0.3) is 0 Å². The van der Waals surface area contributed by atoms with Gasteiger partial charge in [-0.15, -0.1) is 0 Å². The molecule has 16 heteroatoms. The molecule has 0 aliphatic carbocycles. The molecule has 16 nitrogen and oxygen atoms in total. The Bertz CT molecular complexity index is 1640. The number of carbonyl (C=O) groups excluding carboxylic acids is 1. The molecule has 0 amide bonds. The van der Waals surface area contributed by atoms with E-state index in [9.17, 15) is 25.2 Å². The van der Waals surface area contributed by atoms with Gasteiger partial charge in [0.05, 0.1) is 41.5 Å². The molecule has 1 aromatic rings. The maximum Gasteiger partial charge on any atom is 0.311 e. The van der Waals surface area contributed by atoms with Gasteiger partial charge in [-0.05, 0) is 107 Å². The highest BCUT2D eigenvalue weighted by molar-refractivity contribution is 5.94. The summed E-state index contributed by atoms with van der Waals surface area (Å²) in [4.78, 5) is 23.0. The lowest BCUT2D eigenvalue weighted by atomic mass is 9.78. The van der Waals surface area contributed by atoms with Gasteiger partial charge in [-0.2, -0.15) is 0 Å². The smallest absolute Gasteiger partial charge is 0.311 e. The van der Waals surface area contributed by atoms with Gasteiger partial charge >= 0.3 is 5.97 Å². The van der Waals surface area contributed by atoms with E-state index in [-0.39, 0.29) is 36.3 Å². The fourth-order valence-corrected chi connectivity index (χ4v) is 10.4. The second-order valence-corrected chi connectivity index (χ2v) is 20.3. The van der Waals surface area contributed by atoms with Crippen LogP contribution in [0.15, 0.2) is 23.3 Å². The van der Waals surface area contributed by atoms with Gasteiger partial charge in [-0.25, -0.2) is 4.99 Å². The Hall–Kier alpha value is -2.22. The number of esters is 1. The third-order valence-corrected chi connectivity index (χ3v) is 14.8. The number of cyclic esters (lactones) is 1. The van der Waals surface area contributed by atoms with Gasteiger partial charge in [0.25, 0.3) is 0 Å². The number of aryl methyl sites for hydroxylation is 1. The third kappa shape index (κ3) is 12.9. The topological polar surface area (TPSA) is 186 Å². The van der Waals surface area contributed by atoms with Crippen molar-refractivity contribution in [3.63, 3.8) is 0 Å². The summed E-state index contributed by atoms with van der Waals surface area (Å²) in [7, 11) is 9.15. The fraction of sp³-hybridized carbons (Fsp3) is 0.875. The highest BCUT2D eigenvalue weighted by Gasteiger charge is 2.49. The van der Waals surface area contributed by atoms with Gasteiger partial charge in [-0.1, -0.05) is 20.8 Å². The van der Waals surface area contributed by atoms with Crippen LogP contribution in [0.4, 0.5) is 0 Å². The third-order valence-electron chi connectivity index (χ3n) is 14.8. The average Bonchev–Trinajstić information content (AvgIpc) is 3.83.